The standard InChI is InChI=1S/C15H31N3O/c1-15(2,3)11-13(12-16)14(19)17-7-10-18-8-5-4-6-9-18/h13H,4-12,16H2,1-3H3,(H,17,19). The number of hydrogen-bond donors (Lipinski definition) is 2. The molecule has 0 bridgehead atoms. The molecule has 1 rings (SSSR count). The SMILES string of the molecule is CC(C)(C)CC(CN)C(=O)NCCN1CCCCC1. The Balaban J connectivity index is 2.24. The number of piperidine rings is 1. The van der Waals surface area contributed by atoms with Crippen LogP contribution in [0.5, 0.6) is 0 Å². The molecule has 4 heteroatoms. The molecule has 1 atom stereocenters. The molecule has 112 valence electrons. The Hall–Kier alpha value is -0.610. The van der Waals surface area contributed by atoms with Crippen LogP contribution in [0.2, 0.25) is 0 Å². The average molecular weight is 269 g/mol. The van der Waals surface area contributed by atoms with Gasteiger partial charge in [0.05, 0.1) is 5.92 Å². The van der Waals surface area contributed by atoms with Crippen LogP contribution in [-0.2, 0) is 4.79 Å². The van der Waals surface area contributed by atoms with Gasteiger partial charge in [0, 0.05) is 19.6 Å². The Morgan fingerprint density at radius 2 is 1.89 bits per heavy atom. The average Bonchev–Trinajstić information content (AvgIpc) is 2.36. The highest BCUT2D eigenvalue weighted by atomic mass is 16.1. The number of nitrogens with zero attached hydrogens (tertiary/aromatic N) is 1. The third-order valence-corrected chi connectivity index (χ3v) is 3.69. The molecule has 0 aromatic carbocycles. The number of hydrogen-bond acceptors (Lipinski definition) is 3. The molecule has 0 radical (unpaired) electrons. The lowest BCUT2D eigenvalue weighted by molar-refractivity contribution is -0.125. The van der Waals surface area contributed by atoms with E-state index >= 15 is 0 Å². The van der Waals surface area contributed by atoms with Crippen molar-refractivity contribution in [3.05, 3.63) is 0 Å². The van der Waals surface area contributed by atoms with E-state index in [2.05, 4.69) is 31.0 Å². The first-order valence-electron chi connectivity index (χ1n) is 7.62. The monoisotopic (exact) mass is 269 g/mol. The van der Waals surface area contributed by atoms with Gasteiger partial charge in [-0.05, 0) is 37.8 Å². The normalized spacial score (nSPS) is 19.2. The first-order chi connectivity index (χ1) is 8.92. The molecule has 3 N–H and O–H groups in total. The van der Waals surface area contributed by atoms with Crippen LogP contribution in [0.1, 0.15) is 46.5 Å². The van der Waals surface area contributed by atoms with Crippen molar-refractivity contribution < 1.29 is 4.79 Å². The molecule has 1 aliphatic heterocycles. The first-order valence-corrected chi connectivity index (χ1v) is 7.62. The summed E-state index contributed by atoms with van der Waals surface area (Å²) in [5.41, 5.74) is 5.87. The Morgan fingerprint density at radius 1 is 1.26 bits per heavy atom. The number of amides is 1. The zero-order valence-corrected chi connectivity index (χ0v) is 12.9. The summed E-state index contributed by atoms with van der Waals surface area (Å²) in [7, 11) is 0. The molecule has 0 aromatic heterocycles. The van der Waals surface area contributed by atoms with Gasteiger partial charge in [0.15, 0.2) is 0 Å². The molecule has 1 amide bonds. The van der Waals surface area contributed by atoms with E-state index in [1.807, 2.05) is 0 Å². The summed E-state index contributed by atoms with van der Waals surface area (Å²) in [6.07, 6.45) is 4.79. The molecule has 1 fully saturated rings. The fraction of sp³-hybridized carbons (Fsp3) is 0.933. The number of likely N-dealkylation sites (tertiary alicyclic amines) is 1. The molecule has 0 spiro atoms. The molecular formula is C15H31N3O. The van der Waals surface area contributed by atoms with Crippen molar-refractivity contribution in [2.75, 3.05) is 32.7 Å². The number of carbonyl (C=O) groups excluding carboxylic acids is 1. The summed E-state index contributed by atoms with van der Waals surface area (Å²) in [6.45, 7) is 11.0. The van der Waals surface area contributed by atoms with Gasteiger partial charge in [0.1, 0.15) is 0 Å². The maximum atomic E-state index is 12.1. The van der Waals surface area contributed by atoms with Gasteiger partial charge in [0.2, 0.25) is 5.91 Å². The van der Waals surface area contributed by atoms with Crippen molar-refractivity contribution >= 4 is 5.91 Å². The molecule has 1 unspecified atom stereocenters. The van der Waals surface area contributed by atoms with Crippen LogP contribution >= 0.6 is 0 Å². The van der Waals surface area contributed by atoms with E-state index in [0.717, 1.165) is 19.5 Å². The van der Waals surface area contributed by atoms with Gasteiger partial charge in [-0.1, -0.05) is 27.2 Å². The van der Waals surface area contributed by atoms with Crippen molar-refractivity contribution in [3.8, 4) is 0 Å². The van der Waals surface area contributed by atoms with E-state index in [1.54, 1.807) is 0 Å². The highest BCUT2D eigenvalue weighted by Gasteiger charge is 2.23. The summed E-state index contributed by atoms with van der Waals surface area (Å²) in [6, 6.07) is 0. The molecule has 1 saturated heterocycles. The zero-order valence-electron chi connectivity index (χ0n) is 12.9. The van der Waals surface area contributed by atoms with E-state index in [4.69, 9.17) is 5.73 Å². The lowest BCUT2D eigenvalue weighted by Gasteiger charge is -2.27. The maximum Gasteiger partial charge on any atom is 0.224 e. The van der Waals surface area contributed by atoms with Crippen LogP contribution in [0.25, 0.3) is 0 Å². The van der Waals surface area contributed by atoms with Crippen LogP contribution in [0.15, 0.2) is 0 Å². The second kappa shape index (κ2) is 7.85. The summed E-state index contributed by atoms with van der Waals surface area (Å²) in [5, 5.41) is 3.04. The quantitative estimate of drug-likeness (QED) is 0.770. The highest BCUT2D eigenvalue weighted by Crippen LogP contribution is 2.23. The van der Waals surface area contributed by atoms with Crippen LogP contribution < -0.4 is 11.1 Å². The Morgan fingerprint density at radius 3 is 2.42 bits per heavy atom. The first kappa shape index (κ1) is 16.4. The third-order valence-electron chi connectivity index (χ3n) is 3.69. The minimum Gasteiger partial charge on any atom is -0.355 e. The van der Waals surface area contributed by atoms with Gasteiger partial charge in [-0.25, -0.2) is 0 Å². The second-order valence-corrected chi connectivity index (χ2v) is 6.89. The lowest BCUT2D eigenvalue weighted by Crippen LogP contribution is -2.42. The summed E-state index contributed by atoms with van der Waals surface area (Å²) >= 11 is 0. The number of nitrogens with two attached hydrogens (primary N) is 1. The summed E-state index contributed by atoms with van der Waals surface area (Å²) in [5.74, 6) is 0.0655. The molecule has 0 aromatic rings. The second-order valence-electron chi connectivity index (χ2n) is 6.89. The topological polar surface area (TPSA) is 58.4 Å². The fourth-order valence-electron chi connectivity index (χ4n) is 2.69. The lowest BCUT2D eigenvalue weighted by atomic mass is 9.84. The van der Waals surface area contributed by atoms with Crippen LogP contribution in [0.4, 0.5) is 0 Å². The molecule has 0 aliphatic carbocycles. The molecule has 19 heavy (non-hydrogen) atoms. The van der Waals surface area contributed by atoms with Crippen molar-refractivity contribution in [1.29, 1.82) is 0 Å². The molecule has 1 aliphatic rings. The third kappa shape index (κ3) is 6.92. The summed E-state index contributed by atoms with van der Waals surface area (Å²) in [4.78, 5) is 14.5. The van der Waals surface area contributed by atoms with Crippen LogP contribution in [0, 0.1) is 11.3 Å². The zero-order chi connectivity index (χ0) is 14.3. The van der Waals surface area contributed by atoms with Gasteiger partial charge in [-0.15, -0.1) is 0 Å². The van der Waals surface area contributed by atoms with Crippen molar-refractivity contribution in [3.63, 3.8) is 0 Å². The van der Waals surface area contributed by atoms with E-state index in [-0.39, 0.29) is 17.2 Å². The fourth-order valence-corrected chi connectivity index (χ4v) is 2.69. The number of rotatable bonds is 6. The van der Waals surface area contributed by atoms with E-state index in [0.29, 0.717) is 6.54 Å². The molecular weight excluding hydrogens is 238 g/mol. The van der Waals surface area contributed by atoms with Crippen molar-refractivity contribution in [2.45, 2.75) is 46.5 Å². The minimum absolute atomic E-state index is 0.0543. The van der Waals surface area contributed by atoms with E-state index in [1.165, 1.54) is 32.4 Å². The maximum absolute atomic E-state index is 12.1. The highest BCUT2D eigenvalue weighted by molar-refractivity contribution is 5.78. The van der Waals surface area contributed by atoms with Gasteiger partial charge >= 0.3 is 0 Å². The Kier molecular flexibility index (Phi) is 6.80. The largest absolute Gasteiger partial charge is 0.355 e. The van der Waals surface area contributed by atoms with Gasteiger partial charge < -0.3 is 16.0 Å². The molecule has 4 nitrogen and oxygen atoms in total. The van der Waals surface area contributed by atoms with Gasteiger partial charge in [-0.3, -0.25) is 4.79 Å². The van der Waals surface area contributed by atoms with Gasteiger partial charge in [-0.2, -0.15) is 0 Å². The number of carbonyl (C=O) groups is 1. The van der Waals surface area contributed by atoms with Crippen LogP contribution in [0.3, 0.4) is 0 Å². The molecule has 0 saturated carbocycles. The predicted molar refractivity (Wildman–Crippen MR) is 79.9 cm³/mol. The van der Waals surface area contributed by atoms with Crippen LogP contribution in [-0.4, -0.2) is 43.5 Å². The minimum atomic E-state index is -0.0543. The smallest absolute Gasteiger partial charge is 0.224 e. The molecule has 1 heterocycles. The van der Waals surface area contributed by atoms with Crippen molar-refractivity contribution in [2.24, 2.45) is 17.1 Å². The van der Waals surface area contributed by atoms with E-state index in [9.17, 15) is 4.79 Å². The van der Waals surface area contributed by atoms with E-state index < -0.39 is 0 Å². The number of nitrogens with one attached hydrogen (secondary N) is 1. The Labute approximate surface area is 118 Å². The Bertz CT molecular complexity index is 267. The predicted octanol–water partition coefficient (Wildman–Crippen LogP) is 1.60. The van der Waals surface area contributed by atoms with Crippen molar-refractivity contribution in [1.82, 2.24) is 10.2 Å². The summed E-state index contributed by atoms with van der Waals surface area (Å²) < 4.78 is 0. The van der Waals surface area contributed by atoms with Gasteiger partial charge in [0.25, 0.3) is 0 Å².